The quantitative estimate of drug-likeness (QED) is 0.628. The number of hydrogen-bond acceptors (Lipinski definition) is 4. The summed E-state index contributed by atoms with van der Waals surface area (Å²) in [5.41, 5.74) is 0.228. The van der Waals surface area contributed by atoms with Crippen LogP contribution < -0.4 is 0 Å². The lowest BCUT2D eigenvalue weighted by molar-refractivity contribution is -0.385. The fraction of sp³-hybridized carbons (Fsp3) is 0.250. The van der Waals surface area contributed by atoms with Crippen LogP contribution in [-0.2, 0) is 6.54 Å². The van der Waals surface area contributed by atoms with Crippen molar-refractivity contribution in [2.45, 2.75) is 25.4 Å². The Morgan fingerprint density at radius 1 is 1.39 bits per heavy atom. The van der Waals surface area contributed by atoms with Crippen LogP contribution in [-0.4, -0.2) is 26.8 Å². The van der Waals surface area contributed by atoms with Crippen molar-refractivity contribution in [1.82, 2.24) is 9.88 Å². The van der Waals surface area contributed by atoms with Crippen LogP contribution in [0.4, 0.5) is 10.1 Å². The third-order valence-corrected chi connectivity index (χ3v) is 3.71. The van der Waals surface area contributed by atoms with Crippen molar-refractivity contribution in [3.63, 3.8) is 0 Å². The molecule has 1 amide bonds. The molecule has 0 radical (unpaired) electrons. The Bertz CT molecular complexity index is 747. The van der Waals surface area contributed by atoms with Gasteiger partial charge in [0.2, 0.25) is 0 Å². The van der Waals surface area contributed by atoms with Gasteiger partial charge < -0.3 is 4.90 Å². The smallest absolute Gasteiger partial charge is 0.282 e. The maximum atomic E-state index is 13.5. The van der Waals surface area contributed by atoms with E-state index in [9.17, 15) is 19.3 Å². The molecule has 0 atom stereocenters. The third-order valence-electron chi connectivity index (χ3n) is 3.71. The average Bonchev–Trinajstić information content (AvgIpc) is 3.37. The second-order valence-electron chi connectivity index (χ2n) is 5.44. The number of amides is 1. The number of benzene rings is 1. The van der Waals surface area contributed by atoms with Gasteiger partial charge in [-0.05, 0) is 36.6 Å². The van der Waals surface area contributed by atoms with Crippen LogP contribution in [0.25, 0.3) is 0 Å². The molecule has 1 saturated carbocycles. The highest BCUT2D eigenvalue weighted by Crippen LogP contribution is 2.31. The van der Waals surface area contributed by atoms with Crippen molar-refractivity contribution >= 4 is 11.6 Å². The monoisotopic (exact) mass is 315 g/mol. The molecular weight excluding hydrogens is 301 g/mol. The van der Waals surface area contributed by atoms with Crippen LogP contribution in [0.1, 0.15) is 28.8 Å². The van der Waals surface area contributed by atoms with Gasteiger partial charge in [-0.25, -0.2) is 4.39 Å². The van der Waals surface area contributed by atoms with E-state index in [1.165, 1.54) is 0 Å². The molecule has 23 heavy (non-hydrogen) atoms. The van der Waals surface area contributed by atoms with Crippen molar-refractivity contribution in [3.8, 4) is 0 Å². The van der Waals surface area contributed by atoms with E-state index in [-0.39, 0.29) is 17.3 Å². The summed E-state index contributed by atoms with van der Waals surface area (Å²) >= 11 is 0. The molecule has 0 N–H and O–H groups in total. The number of aromatic nitrogens is 1. The number of carbonyl (C=O) groups is 1. The Balaban J connectivity index is 1.93. The largest absolute Gasteiger partial charge is 0.331 e. The number of nitrogens with zero attached hydrogens (tertiary/aromatic N) is 3. The van der Waals surface area contributed by atoms with Gasteiger partial charge in [-0.3, -0.25) is 19.9 Å². The van der Waals surface area contributed by atoms with E-state index in [4.69, 9.17) is 0 Å². The summed E-state index contributed by atoms with van der Waals surface area (Å²) in [6.07, 6.45) is 4.96. The number of nitro groups is 1. The van der Waals surface area contributed by atoms with Crippen molar-refractivity contribution in [2.24, 2.45) is 0 Å². The van der Waals surface area contributed by atoms with Gasteiger partial charge in [-0.15, -0.1) is 0 Å². The Labute approximate surface area is 131 Å². The lowest BCUT2D eigenvalue weighted by Gasteiger charge is -2.22. The van der Waals surface area contributed by atoms with Gasteiger partial charge in [-0.1, -0.05) is 6.07 Å². The minimum atomic E-state index is -0.670. The summed E-state index contributed by atoms with van der Waals surface area (Å²) in [5, 5.41) is 11.1. The molecule has 0 unspecified atom stereocenters. The van der Waals surface area contributed by atoms with Crippen LogP contribution in [0, 0.1) is 15.9 Å². The normalized spacial score (nSPS) is 13.6. The Morgan fingerprint density at radius 3 is 2.78 bits per heavy atom. The van der Waals surface area contributed by atoms with Crippen LogP contribution >= 0.6 is 0 Å². The molecule has 1 aliphatic carbocycles. The van der Waals surface area contributed by atoms with Crippen LogP contribution in [0.3, 0.4) is 0 Å². The van der Waals surface area contributed by atoms with E-state index in [1.807, 2.05) is 6.07 Å². The molecule has 1 aliphatic rings. The molecule has 1 aromatic carbocycles. The molecular formula is C16H14FN3O3. The van der Waals surface area contributed by atoms with E-state index >= 15 is 0 Å². The maximum Gasteiger partial charge on any atom is 0.282 e. The molecule has 0 spiro atoms. The molecule has 0 saturated heterocycles. The standard InChI is InChI=1S/C16H14FN3O3/c17-12-3-6-15(20(22)23)14(8-12)16(21)19(13-4-5-13)10-11-2-1-7-18-9-11/h1-3,6-9,13H,4-5,10H2. The van der Waals surface area contributed by atoms with Gasteiger partial charge in [0.1, 0.15) is 11.4 Å². The SMILES string of the molecule is O=C(c1cc(F)ccc1[N+](=O)[O-])N(Cc1cccnc1)C1CC1. The highest BCUT2D eigenvalue weighted by Gasteiger charge is 2.35. The number of halogens is 1. The van der Waals surface area contributed by atoms with Crippen molar-refractivity contribution in [2.75, 3.05) is 0 Å². The molecule has 0 bridgehead atoms. The van der Waals surface area contributed by atoms with Gasteiger partial charge in [0, 0.05) is 31.0 Å². The fourth-order valence-electron chi connectivity index (χ4n) is 2.43. The van der Waals surface area contributed by atoms with E-state index in [1.54, 1.807) is 23.4 Å². The average molecular weight is 315 g/mol. The number of pyridine rings is 1. The summed E-state index contributed by atoms with van der Waals surface area (Å²) in [7, 11) is 0. The van der Waals surface area contributed by atoms with Crippen LogP contribution in [0.5, 0.6) is 0 Å². The van der Waals surface area contributed by atoms with Gasteiger partial charge >= 0.3 is 0 Å². The summed E-state index contributed by atoms with van der Waals surface area (Å²) < 4.78 is 13.5. The number of nitro benzene ring substituents is 1. The fourth-order valence-corrected chi connectivity index (χ4v) is 2.43. The number of hydrogen-bond donors (Lipinski definition) is 0. The predicted molar refractivity (Wildman–Crippen MR) is 80.2 cm³/mol. The van der Waals surface area contributed by atoms with Gasteiger partial charge in [0.25, 0.3) is 11.6 Å². The Kier molecular flexibility index (Phi) is 4.01. The first-order valence-corrected chi connectivity index (χ1v) is 7.20. The number of carbonyl (C=O) groups excluding carboxylic acids is 1. The summed E-state index contributed by atoms with van der Waals surface area (Å²) in [5.74, 6) is -1.20. The first-order chi connectivity index (χ1) is 11.1. The molecule has 118 valence electrons. The Hall–Kier alpha value is -2.83. The zero-order valence-electron chi connectivity index (χ0n) is 12.2. The van der Waals surface area contributed by atoms with Crippen molar-refractivity contribution in [1.29, 1.82) is 0 Å². The van der Waals surface area contributed by atoms with Crippen LogP contribution in [0.2, 0.25) is 0 Å². The highest BCUT2D eigenvalue weighted by molar-refractivity contribution is 5.98. The van der Waals surface area contributed by atoms with E-state index in [0.29, 0.717) is 6.54 Å². The summed E-state index contributed by atoms with van der Waals surface area (Å²) in [4.78, 5) is 28.7. The molecule has 7 heteroatoms. The lowest BCUT2D eigenvalue weighted by Crippen LogP contribution is -2.33. The Morgan fingerprint density at radius 2 is 2.17 bits per heavy atom. The molecule has 6 nitrogen and oxygen atoms in total. The molecule has 1 heterocycles. The van der Waals surface area contributed by atoms with E-state index in [2.05, 4.69) is 4.98 Å². The van der Waals surface area contributed by atoms with Crippen LogP contribution in [0.15, 0.2) is 42.7 Å². The summed E-state index contributed by atoms with van der Waals surface area (Å²) in [6, 6.07) is 6.56. The molecule has 0 aliphatic heterocycles. The zero-order chi connectivity index (χ0) is 16.4. The second-order valence-corrected chi connectivity index (χ2v) is 5.44. The predicted octanol–water partition coefficient (Wildman–Crippen LogP) is 2.93. The van der Waals surface area contributed by atoms with E-state index in [0.717, 1.165) is 36.6 Å². The molecule has 3 rings (SSSR count). The highest BCUT2D eigenvalue weighted by atomic mass is 19.1. The lowest BCUT2D eigenvalue weighted by atomic mass is 10.1. The maximum absolute atomic E-state index is 13.5. The first-order valence-electron chi connectivity index (χ1n) is 7.20. The minimum absolute atomic E-state index is 0.0329. The molecule has 1 fully saturated rings. The summed E-state index contributed by atoms with van der Waals surface area (Å²) in [6.45, 7) is 0.297. The van der Waals surface area contributed by atoms with Crippen molar-refractivity contribution in [3.05, 3.63) is 69.8 Å². The van der Waals surface area contributed by atoms with E-state index < -0.39 is 16.6 Å². The number of rotatable bonds is 5. The van der Waals surface area contributed by atoms with Crippen molar-refractivity contribution < 1.29 is 14.1 Å². The van der Waals surface area contributed by atoms with Gasteiger partial charge in [0.15, 0.2) is 0 Å². The molecule has 2 aromatic rings. The van der Waals surface area contributed by atoms with Gasteiger partial charge in [-0.2, -0.15) is 0 Å². The van der Waals surface area contributed by atoms with Gasteiger partial charge in [0.05, 0.1) is 4.92 Å². The molecule has 1 aromatic heterocycles. The third kappa shape index (κ3) is 3.33. The first kappa shape index (κ1) is 15.1. The zero-order valence-corrected chi connectivity index (χ0v) is 12.2. The minimum Gasteiger partial charge on any atom is -0.331 e. The second kappa shape index (κ2) is 6.12. The topological polar surface area (TPSA) is 76.3 Å².